The van der Waals surface area contributed by atoms with Gasteiger partial charge in [-0.05, 0) is 37.4 Å². The van der Waals surface area contributed by atoms with E-state index in [4.69, 9.17) is 11.6 Å². The molecule has 0 amide bonds. The molecule has 2 rings (SSSR count). The molecular weight excluding hydrogens is 218 g/mol. The van der Waals surface area contributed by atoms with E-state index in [0.717, 1.165) is 11.6 Å². The molecule has 0 saturated heterocycles. The van der Waals surface area contributed by atoms with Crippen molar-refractivity contribution in [1.29, 1.82) is 0 Å². The summed E-state index contributed by atoms with van der Waals surface area (Å²) in [7, 11) is 2.03. The zero-order chi connectivity index (χ0) is 11.6. The molecule has 1 N–H and O–H groups in total. The standard InChI is InChI=1S/C14H20ClN/c1-11-6-5-9-14(11,10-16-2)12-7-3-4-8-13(12)15/h3-4,7-8,11,16H,5-6,9-10H2,1-2H3. The summed E-state index contributed by atoms with van der Waals surface area (Å²) >= 11 is 6.37. The molecule has 88 valence electrons. The van der Waals surface area contributed by atoms with Gasteiger partial charge in [-0.25, -0.2) is 0 Å². The number of halogens is 1. The van der Waals surface area contributed by atoms with Gasteiger partial charge in [0.1, 0.15) is 0 Å². The van der Waals surface area contributed by atoms with Gasteiger partial charge in [0.15, 0.2) is 0 Å². The van der Waals surface area contributed by atoms with E-state index in [2.05, 4.69) is 24.4 Å². The van der Waals surface area contributed by atoms with Crippen LogP contribution < -0.4 is 5.32 Å². The van der Waals surface area contributed by atoms with Crippen molar-refractivity contribution < 1.29 is 0 Å². The SMILES string of the molecule is CNCC1(c2ccccc2Cl)CCCC1C. The molecule has 2 heteroatoms. The number of nitrogens with one attached hydrogen (secondary N) is 1. The Kier molecular flexibility index (Phi) is 3.56. The van der Waals surface area contributed by atoms with Gasteiger partial charge in [-0.3, -0.25) is 0 Å². The third-order valence-electron chi connectivity index (χ3n) is 4.11. The molecule has 1 aromatic carbocycles. The third-order valence-corrected chi connectivity index (χ3v) is 4.44. The zero-order valence-corrected chi connectivity index (χ0v) is 10.8. The minimum atomic E-state index is 0.243. The molecule has 2 atom stereocenters. The molecule has 0 heterocycles. The van der Waals surface area contributed by atoms with Crippen molar-refractivity contribution in [3.8, 4) is 0 Å². The van der Waals surface area contributed by atoms with Crippen molar-refractivity contribution in [3.63, 3.8) is 0 Å². The highest BCUT2D eigenvalue weighted by atomic mass is 35.5. The lowest BCUT2D eigenvalue weighted by Gasteiger charge is -2.35. The topological polar surface area (TPSA) is 12.0 Å². The van der Waals surface area contributed by atoms with E-state index in [9.17, 15) is 0 Å². The lowest BCUT2D eigenvalue weighted by molar-refractivity contribution is 0.326. The molecule has 1 nitrogen and oxygen atoms in total. The minimum absolute atomic E-state index is 0.243. The maximum atomic E-state index is 6.37. The van der Waals surface area contributed by atoms with Gasteiger partial charge in [-0.1, -0.05) is 43.1 Å². The largest absolute Gasteiger partial charge is 0.319 e. The lowest BCUT2D eigenvalue weighted by Crippen LogP contribution is -2.39. The van der Waals surface area contributed by atoms with Gasteiger partial charge in [0, 0.05) is 17.0 Å². The molecule has 0 radical (unpaired) electrons. The van der Waals surface area contributed by atoms with E-state index in [0.29, 0.717) is 5.92 Å². The minimum Gasteiger partial charge on any atom is -0.319 e. The van der Waals surface area contributed by atoms with E-state index in [-0.39, 0.29) is 5.41 Å². The van der Waals surface area contributed by atoms with E-state index < -0.39 is 0 Å². The van der Waals surface area contributed by atoms with Crippen LogP contribution in [0.15, 0.2) is 24.3 Å². The molecule has 0 spiro atoms. The van der Waals surface area contributed by atoms with E-state index in [1.807, 2.05) is 19.2 Å². The fourth-order valence-corrected chi connectivity index (χ4v) is 3.51. The maximum absolute atomic E-state index is 6.37. The van der Waals surface area contributed by atoms with Crippen molar-refractivity contribution in [3.05, 3.63) is 34.9 Å². The monoisotopic (exact) mass is 237 g/mol. The van der Waals surface area contributed by atoms with Gasteiger partial charge in [0.25, 0.3) is 0 Å². The van der Waals surface area contributed by atoms with Crippen molar-refractivity contribution in [1.82, 2.24) is 5.32 Å². The van der Waals surface area contributed by atoms with Crippen LogP contribution in [0.4, 0.5) is 0 Å². The number of hydrogen-bond donors (Lipinski definition) is 1. The fraction of sp³-hybridized carbons (Fsp3) is 0.571. The molecule has 16 heavy (non-hydrogen) atoms. The first-order valence-electron chi connectivity index (χ1n) is 6.10. The summed E-state index contributed by atoms with van der Waals surface area (Å²) in [5.74, 6) is 0.708. The Morgan fingerprint density at radius 2 is 2.19 bits per heavy atom. The summed E-state index contributed by atoms with van der Waals surface area (Å²) in [5, 5.41) is 4.27. The molecular formula is C14H20ClN. The molecule has 1 saturated carbocycles. The van der Waals surface area contributed by atoms with Crippen LogP contribution in [0.1, 0.15) is 31.7 Å². The third kappa shape index (κ3) is 1.87. The Morgan fingerprint density at radius 3 is 2.75 bits per heavy atom. The van der Waals surface area contributed by atoms with E-state index in [1.54, 1.807) is 0 Å². The first kappa shape index (κ1) is 11.9. The molecule has 0 bridgehead atoms. The Hall–Kier alpha value is -0.530. The van der Waals surface area contributed by atoms with Crippen molar-refractivity contribution in [2.75, 3.05) is 13.6 Å². The quantitative estimate of drug-likeness (QED) is 0.847. The van der Waals surface area contributed by atoms with Crippen LogP contribution in [0.25, 0.3) is 0 Å². The van der Waals surface area contributed by atoms with Crippen molar-refractivity contribution >= 4 is 11.6 Å². The van der Waals surface area contributed by atoms with Gasteiger partial charge in [-0.2, -0.15) is 0 Å². The summed E-state index contributed by atoms with van der Waals surface area (Å²) in [5.41, 5.74) is 1.57. The number of rotatable bonds is 3. The summed E-state index contributed by atoms with van der Waals surface area (Å²) in [6.07, 6.45) is 3.87. The van der Waals surface area contributed by atoms with Gasteiger partial charge in [0.2, 0.25) is 0 Å². The van der Waals surface area contributed by atoms with E-state index in [1.165, 1.54) is 24.8 Å². The highest BCUT2D eigenvalue weighted by Crippen LogP contribution is 2.47. The summed E-state index contributed by atoms with van der Waals surface area (Å²) in [4.78, 5) is 0. The summed E-state index contributed by atoms with van der Waals surface area (Å²) in [6.45, 7) is 3.38. The lowest BCUT2D eigenvalue weighted by atomic mass is 9.73. The number of likely N-dealkylation sites (N-methyl/N-ethyl adjacent to an activating group) is 1. The van der Waals surface area contributed by atoms with Crippen LogP contribution in [-0.4, -0.2) is 13.6 Å². The summed E-state index contributed by atoms with van der Waals surface area (Å²) < 4.78 is 0. The van der Waals surface area contributed by atoms with Crippen molar-refractivity contribution in [2.24, 2.45) is 5.92 Å². The average molecular weight is 238 g/mol. The van der Waals surface area contributed by atoms with Crippen LogP contribution >= 0.6 is 11.6 Å². The molecule has 1 aliphatic rings. The molecule has 2 unspecified atom stereocenters. The highest BCUT2D eigenvalue weighted by molar-refractivity contribution is 6.31. The van der Waals surface area contributed by atoms with Gasteiger partial charge in [-0.15, -0.1) is 0 Å². The Labute approximate surface area is 103 Å². The fourth-order valence-electron chi connectivity index (χ4n) is 3.18. The Morgan fingerprint density at radius 1 is 1.44 bits per heavy atom. The number of hydrogen-bond acceptors (Lipinski definition) is 1. The van der Waals surface area contributed by atoms with Gasteiger partial charge < -0.3 is 5.32 Å². The predicted octanol–water partition coefficient (Wildman–Crippen LogP) is 3.62. The first-order valence-corrected chi connectivity index (χ1v) is 6.48. The molecule has 1 aliphatic carbocycles. The van der Waals surface area contributed by atoms with Crippen LogP contribution in [0.2, 0.25) is 5.02 Å². The average Bonchev–Trinajstić information content (AvgIpc) is 2.62. The van der Waals surface area contributed by atoms with Crippen LogP contribution in [-0.2, 0) is 5.41 Å². The second-order valence-electron chi connectivity index (χ2n) is 4.96. The highest BCUT2D eigenvalue weighted by Gasteiger charge is 2.42. The second kappa shape index (κ2) is 4.77. The summed E-state index contributed by atoms with van der Waals surface area (Å²) in [6, 6.07) is 8.32. The second-order valence-corrected chi connectivity index (χ2v) is 5.37. The Bertz CT molecular complexity index is 364. The molecule has 1 aromatic rings. The smallest absolute Gasteiger partial charge is 0.0444 e. The van der Waals surface area contributed by atoms with Crippen LogP contribution in [0, 0.1) is 5.92 Å². The Balaban J connectivity index is 2.43. The van der Waals surface area contributed by atoms with Crippen molar-refractivity contribution in [2.45, 2.75) is 31.6 Å². The van der Waals surface area contributed by atoms with Crippen LogP contribution in [0.5, 0.6) is 0 Å². The maximum Gasteiger partial charge on any atom is 0.0444 e. The molecule has 0 aliphatic heterocycles. The first-order chi connectivity index (χ1) is 7.70. The van der Waals surface area contributed by atoms with E-state index >= 15 is 0 Å². The van der Waals surface area contributed by atoms with Gasteiger partial charge >= 0.3 is 0 Å². The molecule has 1 fully saturated rings. The predicted molar refractivity (Wildman–Crippen MR) is 70.1 cm³/mol. The number of benzene rings is 1. The molecule has 0 aromatic heterocycles. The van der Waals surface area contributed by atoms with Gasteiger partial charge in [0.05, 0.1) is 0 Å². The zero-order valence-electron chi connectivity index (χ0n) is 10.1. The van der Waals surface area contributed by atoms with Crippen LogP contribution in [0.3, 0.4) is 0 Å². The normalized spacial score (nSPS) is 29.6.